The van der Waals surface area contributed by atoms with E-state index >= 15 is 0 Å². The lowest BCUT2D eigenvalue weighted by molar-refractivity contribution is -0.139. The minimum atomic E-state index is -3.84. The summed E-state index contributed by atoms with van der Waals surface area (Å²) >= 11 is 0. The van der Waals surface area contributed by atoms with Crippen LogP contribution in [0.3, 0.4) is 0 Å². The molecular weight excluding hydrogens is 446 g/mol. The summed E-state index contributed by atoms with van der Waals surface area (Å²) in [5.41, 5.74) is 1.82. The molecule has 0 bridgehead atoms. The summed E-state index contributed by atoms with van der Waals surface area (Å²) in [7, 11) is 0.625. The number of benzene rings is 2. The zero-order valence-electron chi connectivity index (χ0n) is 19.8. The first-order valence-electron chi connectivity index (χ1n) is 10.3. The highest BCUT2D eigenvalue weighted by atomic mass is 32.2. The van der Waals surface area contributed by atoms with Gasteiger partial charge in [0.05, 0.1) is 26.2 Å². The van der Waals surface area contributed by atoms with E-state index in [1.165, 1.54) is 19.1 Å². The van der Waals surface area contributed by atoms with Gasteiger partial charge in [0.2, 0.25) is 21.8 Å². The zero-order valence-corrected chi connectivity index (χ0v) is 20.6. The van der Waals surface area contributed by atoms with Crippen molar-refractivity contribution in [3.05, 3.63) is 53.6 Å². The predicted molar refractivity (Wildman–Crippen MR) is 127 cm³/mol. The largest absolute Gasteiger partial charge is 0.497 e. The molecule has 0 heterocycles. The van der Waals surface area contributed by atoms with Crippen LogP contribution in [0.4, 0.5) is 5.69 Å². The molecule has 0 fully saturated rings. The van der Waals surface area contributed by atoms with Gasteiger partial charge in [-0.15, -0.1) is 0 Å². The molecule has 0 saturated heterocycles. The van der Waals surface area contributed by atoms with Crippen molar-refractivity contribution in [3.8, 4) is 11.5 Å². The standard InChI is InChI=1S/C23H31N3O6S/c1-16-7-12-21(32-5)20(13-16)26(33(6,29)30)15-22(27)25(17(2)23(28)24-3)14-18-8-10-19(31-4)11-9-18/h7-13,17H,14-15H2,1-6H3,(H,24,28). The summed E-state index contributed by atoms with van der Waals surface area (Å²) in [5, 5.41) is 2.54. The van der Waals surface area contributed by atoms with E-state index in [0.717, 1.165) is 21.7 Å². The van der Waals surface area contributed by atoms with Gasteiger partial charge in [-0.05, 0) is 49.2 Å². The van der Waals surface area contributed by atoms with Crippen LogP contribution in [-0.4, -0.2) is 65.2 Å². The Morgan fingerprint density at radius 1 is 1.06 bits per heavy atom. The summed E-state index contributed by atoms with van der Waals surface area (Å²) in [6, 6.07) is 11.3. The van der Waals surface area contributed by atoms with Gasteiger partial charge in [-0.25, -0.2) is 8.42 Å². The summed E-state index contributed by atoms with van der Waals surface area (Å²) < 4.78 is 36.8. The summed E-state index contributed by atoms with van der Waals surface area (Å²) in [4.78, 5) is 27.1. The van der Waals surface area contributed by atoms with Gasteiger partial charge in [-0.1, -0.05) is 18.2 Å². The number of hydrogen-bond acceptors (Lipinski definition) is 6. The number of hydrogen-bond donors (Lipinski definition) is 1. The summed E-state index contributed by atoms with van der Waals surface area (Å²) in [6.45, 7) is 3.03. The Kier molecular flexibility index (Phi) is 8.69. The average Bonchev–Trinajstić information content (AvgIpc) is 2.79. The molecule has 2 aromatic rings. The fraction of sp³-hybridized carbons (Fsp3) is 0.391. The molecule has 0 aliphatic rings. The minimum absolute atomic E-state index is 0.111. The van der Waals surface area contributed by atoms with Crippen LogP contribution in [0, 0.1) is 6.92 Å². The Hall–Kier alpha value is -3.27. The third-order valence-corrected chi connectivity index (χ3v) is 6.33. The number of carbonyl (C=O) groups excluding carboxylic acids is 2. The first kappa shape index (κ1) is 26.0. The van der Waals surface area contributed by atoms with Crippen LogP contribution < -0.4 is 19.1 Å². The van der Waals surface area contributed by atoms with Crippen molar-refractivity contribution in [2.24, 2.45) is 0 Å². The fourth-order valence-electron chi connectivity index (χ4n) is 3.31. The van der Waals surface area contributed by atoms with Gasteiger partial charge >= 0.3 is 0 Å². The van der Waals surface area contributed by atoms with Crippen molar-refractivity contribution in [2.75, 3.05) is 38.4 Å². The van der Waals surface area contributed by atoms with E-state index in [4.69, 9.17) is 9.47 Å². The highest BCUT2D eigenvalue weighted by molar-refractivity contribution is 7.92. The molecule has 0 radical (unpaired) electrons. The number of nitrogens with zero attached hydrogens (tertiary/aromatic N) is 2. The van der Waals surface area contributed by atoms with Gasteiger partial charge in [0.25, 0.3) is 0 Å². The van der Waals surface area contributed by atoms with E-state index < -0.39 is 28.5 Å². The van der Waals surface area contributed by atoms with E-state index in [2.05, 4.69) is 5.32 Å². The normalized spacial score (nSPS) is 11.9. The zero-order chi connectivity index (χ0) is 24.8. The number of anilines is 1. The first-order valence-corrected chi connectivity index (χ1v) is 12.1. The van der Waals surface area contributed by atoms with Gasteiger partial charge in [0, 0.05) is 13.6 Å². The van der Waals surface area contributed by atoms with Crippen molar-refractivity contribution < 1.29 is 27.5 Å². The van der Waals surface area contributed by atoms with E-state index in [-0.39, 0.29) is 18.1 Å². The molecule has 2 amide bonds. The highest BCUT2D eigenvalue weighted by Gasteiger charge is 2.30. The number of rotatable bonds is 10. The Morgan fingerprint density at radius 3 is 2.21 bits per heavy atom. The van der Waals surface area contributed by atoms with E-state index in [1.54, 1.807) is 56.5 Å². The first-order chi connectivity index (χ1) is 15.5. The average molecular weight is 478 g/mol. The van der Waals surface area contributed by atoms with Crippen LogP contribution in [0.5, 0.6) is 11.5 Å². The second-order valence-electron chi connectivity index (χ2n) is 7.60. The monoisotopic (exact) mass is 477 g/mol. The molecule has 180 valence electrons. The molecule has 2 aromatic carbocycles. The maximum absolute atomic E-state index is 13.4. The molecular formula is C23H31N3O6S. The van der Waals surface area contributed by atoms with E-state index in [9.17, 15) is 18.0 Å². The van der Waals surface area contributed by atoms with Crippen LogP contribution in [-0.2, 0) is 26.2 Å². The number of nitrogens with one attached hydrogen (secondary N) is 1. The van der Waals surface area contributed by atoms with Crippen LogP contribution in [0.25, 0.3) is 0 Å². The minimum Gasteiger partial charge on any atom is -0.497 e. The van der Waals surface area contributed by atoms with Crippen LogP contribution in [0.15, 0.2) is 42.5 Å². The maximum atomic E-state index is 13.4. The Labute approximate surface area is 195 Å². The lowest BCUT2D eigenvalue weighted by Gasteiger charge is -2.31. The van der Waals surface area contributed by atoms with Crippen molar-refractivity contribution in [3.63, 3.8) is 0 Å². The molecule has 1 N–H and O–H groups in total. The smallest absolute Gasteiger partial charge is 0.244 e. The topological polar surface area (TPSA) is 105 Å². The molecule has 2 rings (SSSR count). The van der Waals surface area contributed by atoms with E-state index in [0.29, 0.717) is 11.5 Å². The quantitative estimate of drug-likeness (QED) is 0.561. The number of sulfonamides is 1. The fourth-order valence-corrected chi connectivity index (χ4v) is 4.15. The predicted octanol–water partition coefficient (Wildman–Crippen LogP) is 1.94. The van der Waals surface area contributed by atoms with Gasteiger partial charge in [0.1, 0.15) is 24.1 Å². The molecule has 1 atom stereocenters. The molecule has 33 heavy (non-hydrogen) atoms. The number of amides is 2. The molecule has 0 aromatic heterocycles. The molecule has 0 aliphatic carbocycles. The van der Waals surface area contributed by atoms with Gasteiger partial charge < -0.3 is 19.7 Å². The van der Waals surface area contributed by atoms with E-state index in [1.807, 2.05) is 6.92 Å². The second kappa shape index (κ2) is 11.0. The number of aryl methyl sites for hydroxylation is 1. The molecule has 1 unspecified atom stereocenters. The molecule has 0 spiro atoms. The van der Waals surface area contributed by atoms with Gasteiger partial charge in [0.15, 0.2) is 0 Å². The molecule has 10 heteroatoms. The Balaban J connectivity index is 2.44. The number of ether oxygens (including phenoxy) is 2. The van der Waals surface area contributed by atoms with Crippen molar-refractivity contribution in [1.82, 2.24) is 10.2 Å². The molecule has 0 aliphatic heterocycles. The third-order valence-electron chi connectivity index (χ3n) is 5.21. The number of likely N-dealkylation sites (N-methyl/N-ethyl adjacent to an activating group) is 1. The van der Waals surface area contributed by atoms with Crippen LogP contribution in [0.2, 0.25) is 0 Å². The summed E-state index contributed by atoms with van der Waals surface area (Å²) in [6.07, 6.45) is 1.03. The highest BCUT2D eigenvalue weighted by Crippen LogP contribution is 2.31. The second-order valence-corrected chi connectivity index (χ2v) is 9.51. The number of methoxy groups -OCH3 is 2. The Morgan fingerprint density at radius 2 is 1.70 bits per heavy atom. The van der Waals surface area contributed by atoms with Crippen LogP contribution in [0.1, 0.15) is 18.1 Å². The van der Waals surface area contributed by atoms with Crippen molar-refractivity contribution in [1.29, 1.82) is 0 Å². The SMILES string of the molecule is CNC(=O)C(C)N(Cc1ccc(OC)cc1)C(=O)CN(c1cc(C)ccc1OC)S(C)(=O)=O. The van der Waals surface area contributed by atoms with Crippen LogP contribution >= 0.6 is 0 Å². The third kappa shape index (κ3) is 6.61. The van der Waals surface area contributed by atoms with Gasteiger partial charge in [-0.3, -0.25) is 13.9 Å². The Bertz CT molecular complexity index is 1090. The lowest BCUT2D eigenvalue weighted by Crippen LogP contribution is -2.50. The molecule has 0 saturated carbocycles. The number of carbonyl (C=O) groups is 2. The van der Waals surface area contributed by atoms with Crippen molar-refractivity contribution in [2.45, 2.75) is 26.4 Å². The lowest BCUT2D eigenvalue weighted by atomic mass is 10.1. The maximum Gasteiger partial charge on any atom is 0.244 e. The molecule has 9 nitrogen and oxygen atoms in total. The van der Waals surface area contributed by atoms with Gasteiger partial charge in [-0.2, -0.15) is 0 Å². The van der Waals surface area contributed by atoms with Crippen molar-refractivity contribution >= 4 is 27.5 Å². The summed E-state index contributed by atoms with van der Waals surface area (Å²) in [5.74, 6) is 0.0810.